The molecular weight excluding hydrogens is 332 g/mol. The lowest BCUT2D eigenvalue weighted by Crippen LogP contribution is -2.33. The molecule has 1 amide bonds. The molecule has 0 bridgehead atoms. The summed E-state index contributed by atoms with van der Waals surface area (Å²) in [6.45, 7) is 2.62. The summed E-state index contributed by atoms with van der Waals surface area (Å²) in [5.41, 5.74) is 2.44. The van der Waals surface area contributed by atoms with Gasteiger partial charge < -0.3 is 15.4 Å². The van der Waals surface area contributed by atoms with Crippen molar-refractivity contribution < 1.29 is 14.3 Å². The zero-order valence-electron chi connectivity index (χ0n) is 13.1. The minimum Gasteiger partial charge on any atom is -0.465 e. The van der Waals surface area contributed by atoms with E-state index >= 15 is 0 Å². The number of hydrogen-bond donors (Lipinski definition) is 2. The molecule has 0 radical (unpaired) electrons. The molecule has 1 aromatic carbocycles. The highest BCUT2D eigenvalue weighted by Crippen LogP contribution is 2.28. The van der Waals surface area contributed by atoms with Crippen molar-refractivity contribution in [2.75, 3.05) is 19.0 Å². The van der Waals surface area contributed by atoms with Gasteiger partial charge >= 0.3 is 5.97 Å². The topological polar surface area (TPSA) is 93.2 Å². The van der Waals surface area contributed by atoms with E-state index in [0.29, 0.717) is 17.8 Å². The lowest BCUT2D eigenvalue weighted by Gasteiger charge is -2.23. The number of aromatic nitrogens is 2. The lowest BCUT2D eigenvalue weighted by atomic mass is 9.91. The van der Waals surface area contributed by atoms with Gasteiger partial charge in [0.05, 0.1) is 7.11 Å². The van der Waals surface area contributed by atoms with Crippen LogP contribution in [0.3, 0.4) is 0 Å². The molecule has 2 N–H and O–H groups in total. The highest BCUT2D eigenvalue weighted by molar-refractivity contribution is 6.28. The Morgan fingerprint density at radius 2 is 2.25 bits per heavy atom. The van der Waals surface area contributed by atoms with Crippen LogP contribution < -0.4 is 10.6 Å². The number of nitrogens with zero attached hydrogens (tertiary/aromatic N) is 2. The predicted molar refractivity (Wildman–Crippen MR) is 88.9 cm³/mol. The zero-order chi connectivity index (χ0) is 17.3. The maximum Gasteiger partial charge on any atom is 0.343 e. The molecule has 2 aromatic rings. The van der Waals surface area contributed by atoms with Crippen LogP contribution in [0.5, 0.6) is 0 Å². The number of rotatable bonds is 3. The Bertz CT molecular complexity index is 825. The third-order valence-electron chi connectivity index (χ3n) is 3.82. The second-order valence-corrected chi connectivity index (χ2v) is 5.77. The summed E-state index contributed by atoms with van der Waals surface area (Å²) in [6.07, 6.45) is 1.30. The molecule has 0 fully saturated rings. The SMILES string of the molecule is COC(=O)c1cnc(Cl)nc1Nc1ccc2c(c1)C(C)CNC2=O. The van der Waals surface area contributed by atoms with Gasteiger partial charge in [-0.1, -0.05) is 6.92 Å². The van der Waals surface area contributed by atoms with Crippen LogP contribution in [0.15, 0.2) is 24.4 Å². The van der Waals surface area contributed by atoms with E-state index in [1.807, 2.05) is 13.0 Å². The van der Waals surface area contributed by atoms with Crippen LogP contribution in [-0.4, -0.2) is 35.5 Å². The number of methoxy groups -OCH3 is 1. The molecule has 2 heterocycles. The average molecular weight is 347 g/mol. The quantitative estimate of drug-likeness (QED) is 0.655. The second-order valence-electron chi connectivity index (χ2n) is 5.43. The van der Waals surface area contributed by atoms with E-state index in [4.69, 9.17) is 16.3 Å². The van der Waals surface area contributed by atoms with E-state index in [1.54, 1.807) is 12.1 Å². The molecular formula is C16H15ClN4O3. The van der Waals surface area contributed by atoms with Gasteiger partial charge in [0.2, 0.25) is 5.28 Å². The normalized spacial score (nSPS) is 16.1. The van der Waals surface area contributed by atoms with Crippen LogP contribution in [0.2, 0.25) is 5.28 Å². The van der Waals surface area contributed by atoms with Gasteiger partial charge in [-0.25, -0.2) is 9.78 Å². The summed E-state index contributed by atoms with van der Waals surface area (Å²) in [6, 6.07) is 5.35. The predicted octanol–water partition coefficient (Wildman–Crippen LogP) is 2.51. The molecule has 7 nitrogen and oxygen atoms in total. The molecule has 0 saturated heterocycles. The van der Waals surface area contributed by atoms with Crippen LogP contribution >= 0.6 is 11.6 Å². The summed E-state index contributed by atoms with van der Waals surface area (Å²) in [7, 11) is 1.28. The maximum absolute atomic E-state index is 11.9. The summed E-state index contributed by atoms with van der Waals surface area (Å²) in [4.78, 5) is 31.6. The first-order valence-electron chi connectivity index (χ1n) is 7.29. The summed E-state index contributed by atoms with van der Waals surface area (Å²) in [5, 5.41) is 5.89. The third kappa shape index (κ3) is 3.03. The van der Waals surface area contributed by atoms with E-state index in [0.717, 1.165) is 5.56 Å². The van der Waals surface area contributed by atoms with Crippen molar-refractivity contribution >= 4 is 35.0 Å². The molecule has 1 aliphatic rings. The van der Waals surface area contributed by atoms with Crippen LogP contribution in [0.25, 0.3) is 0 Å². The number of ether oxygens (including phenoxy) is 1. The number of esters is 1. The minimum absolute atomic E-state index is 0.0101. The smallest absolute Gasteiger partial charge is 0.343 e. The molecule has 1 atom stereocenters. The van der Waals surface area contributed by atoms with Crippen molar-refractivity contribution in [2.45, 2.75) is 12.8 Å². The lowest BCUT2D eigenvalue weighted by molar-refractivity contribution is 0.0601. The number of hydrogen-bond acceptors (Lipinski definition) is 6. The second kappa shape index (κ2) is 6.45. The Morgan fingerprint density at radius 3 is 3.00 bits per heavy atom. The zero-order valence-corrected chi connectivity index (χ0v) is 13.8. The monoisotopic (exact) mass is 346 g/mol. The molecule has 0 aliphatic carbocycles. The molecule has 8 heteroatoms. The van der Waals surface area contributed by atoms with Crippen LogP contribution in [-0.2, 0) is 4.74 Å². The van der Waals surface area contributed by atoms with Gasteiger partial charge in [-0.05, 0) is 41.3 Å². The fourth-order valence-electron chi connectivity index (χ4n) is 2.56. The van der Waals surface area contributed by atoms with Gasteiger partial charge in [0.1, 0.15) is 11.4 Å². The molecule has 0 spiro atoms. The molecule has 124 valence electrons. The third-order valence-corrected chi connectivity index (χ3v) is 4.01. The number of nitrogens with one attached hydrogen (secondary N) is 2. The Hall–Kier alpha value is -2.67. The number of benzene rings is 1. The van der Waals surface area contributed by atoms with Crippen LogP contribution in [0.1, 0.15) is 39.1 Å². The van der Waals surface area contributed by atoms with Crippen molar-refractivity contribution in [2.24, 2.45) is 0 Å². The van der Waals surface area contributed by atoms with E-state index in [1.165, 1.54) is 13.3 Å². The Morgan fingerprint density at radius 1 is 1.46 bits per heavy atom. The highest BCUT2D eigenvalue weighted by Gasteiger charge is 2.23. The van der Waals surface area contributed by atoms with Gasteiger partial charge in [-0.3, -0.25) is 4.79 Å². The van der Waals surface area contributed by atoms with Crippen molar-refractivity contribution in [3.63, 3.8) is 0 Å². The molecule has 1 aliphatic heterocycles. The standard InChI is InChI=1S/C16H15ClN4O3/c1-8-6-18-14(22)10-4-3-9(5-11(8)10)20-13-12(15(23)24-2)7-19-16(17)21-13/h3-5,7-8H,6H2,1-2H3,(H,18,22)(H,19,20,21). The van der Waals surface area contributed by atoms with E-state index < -0.39 is 5.97 Å². The Labute approximate surface area is 143 Å². The van der Waals surface area contributed by atoms with E-state index in [2.05, 4.69) is 20.6 Å². The Kier molecular flexibility index (Phi) is 4.35. The average Bonchev–Trinajstić information content (AvgIpc) is 2.58. The van der Waals surface area contributed by atoms with Crippen molar-refractivity contribution in [1.29, 1.82) is 0 Å². The molecule has 1 aromatic heterocycles. The first-order valence-corrected chi connectivity index (χ1v) is 7.67. The molecule has 24 heavy (non-hydrogen) atoms. The number of anilines is 2. The number of amides is 1. The fourth-order valence-corrected chi connectivity index (χ4v) is 2.69. The van der Waals surface area contributed by atoms with Gasteiger partial charge in [0.25, 0.3) is 5.91 Å². The fraction of sp³-hybridized carbons (Fsp3) is 0.250. The maximum atomic E-state index is 11.9. The number of fused-ring (bicyclic) bond motifs is 1. The Balaban J connectivity index is 1.98. The number of halogens is 1. The molecule has 3 rings (SSSR count). The number of carbonyl (C=O) groups excluding carboxylic acids is 2. The first-order chi connectivity index (χ1) is 11.5. The van der Waals surface area contributed by atoms with E-state index in [-0.39, 0.29) is 28.5 Å². The minimum atomic E-state index is -0.570. The van der Waals surface area contributed by atoms with Gasteiger partial charge in [0, 0.05) is 24.0 Å². The van der Waals surface area contributed by atoms with Crippen molar-refractivity contribution in [3.8, 4) is 0 Å². The van der Waals surface area contributed by atoms with Crippen molar-refractivity contribution in [1.82, 2.24) is 15.3 Å². The van der Waals surface area contributed by atoms with E-state index in [9.17, 15) is 9.59 Å². The molecule has 0 saturated carbocycles. The highest BCUT2D eigenvalue weighted by atomic mass is 35.5. The summed E-state index contributed by atoms with van der Waals surface area (Å²) >= 11 is 5.82. The summed E-state index contributed by atoms with van der Waals surface area (Å²) in [5.74, 6) is -0.224. The molecule has 1 unspecified atom stereocenters. The van der Waals surface area contributed by atoms with Gasteiger partial charge in [-0.2, -0.15) is 4.98 Å². The summed E-state index contributed by atoms with van der Waals surface area (Å²) < 4.78 is 4.72. The largest absolute Gasteiger partial charge is 0.465 e. The van der Waals surface area contributed by atoms with Crippen molar-refractivity contribution in [3.05, 3.63) is 46.4 Å². The first kappa shape index (κ1) is 16.2. The van der Waals surface area contributed by atoms with Gasteiger partial charge in [-0.15, -0.1) is 0 Å². The van der Waals surface area contributed by atoms with Crippen LogP contribution in [0.4, 0.5) is 11.5 Å². The van der Waals surface area contributed by atoms with Crippen LogP contribution in [0, 0.1) is 0 Å². The van der Waals surface area contributed by atoms with Gasteiger partial charge in [0.15, 0.2) is 0 Å². The number of carbonyl (C=O) groups is 2.